The predicted octanol–water partition coefficient (Wildman–Crippen LogP) is 14.2. The van der Waals surface area contributed by atoms with Gasteiger partial charge in [-0.25, -0.2) is 0 Å². The molecule has 6 aromatic carbocycles. The summed E-state index contributed by atoms with van der Waals surface area (Å²) in [5.41, 5.74) is 15.4. The molecule has 0 N–H and O–H groups in total. The number of para-hydroxylation sites is 2. The van der Waals surface area contributed by atoms with Crippen molar-refractivity contribution in [2.24, 2.45) is 10.8 Å². The van der Waals surface area contributed by atoms with E-state index in [-0.39, 0.29) is 10.8 Å². The molecule has 4 heterocycles. The van der Waals surface area contributed by atoms with E-state index in [9.17, 15) is 0 Å². The van der Waals surface area contributed by atoms with Crippen LogP contribution < -0.4 is 0 Å². The minimum absolute atomic E-state index is 0.136. The molecule has 0 aliphatic carbocycles. The van der Waals surface area contributed by atoms with Gasteiger partial charge in [0.05, 0.1) is 38.5 Å². The highest BCUT2D eigenvalue weighted by atomic mass is 15.0. The lowest BCUT2D eigenvalue weighted by Crippen LogP contribution is -2.31. The fraction of sp³-hybridized carbons (Fsp3) is 0.193. The van der Waals surface area contributed by atoms with Gasteiger partial charge in [0, 0.05) is 33.5 Å². The van der Waals surface area contributed by atoms with Crippen molar-refractivity contribution in [3.63, 3.8) is 0 Å². The van der Waals surface area contributed by atoms with E-state index in [2.05, 4.69) is 233 Å². The van der Waals surface area contributed by atoms with Crippen LogP contribution in [0.5, 0.6) is 0 Å². The quantitative estimate of drug-likeness (QED) is 0.144. The Morgan fingerprint density at radius 3 is 1.15 bits per heavy atom. The third-order valence-electron chi connectivity index (χ3n) is 12.1. The van der Waals surface area contributed by atoms with Gasteiger partial charge < -0.3 is 9.13 Å². The average Bonchev–Trinajstić information content (AvgIpc) is 3.76. The van der Waals surface area contributed by atoms with Gasteiger partial charge in [0.1, 0.15) is 0 Å². The Morgan fingerprint density at radius 2 is 0.738 bits per heavy atom. The van der Waals surface area contributed by atoms with Gasteiger partial charge in [-0.2, -0.15) is 0 Å². The number of hydrogen-bond acceptors (Lipinski definition) is 2. The third kappa shape index (κ3) is 6.81. The summed E-state index contributed by atoms with van der Waals surface area (Å²) in [5.74, 6) is 0. The van der Waals surface area contributed by atoms with E-state index in [0.29, 0.717) is 0 Å². The molecule has 300 valence electrons. The van der Waals surface area contributed by atoms with Crippen molar-refractivity contribution in [3.8, 4) is 11.4 Å². The second-order valence-electron chi connectivity index (χ2n) is 19.1. The number of pyridine rings is 2. The number of benzene rings is 6. The molecule has 0 saturated heterocycles. The maximum atomic E-state index is 5.32. The monoisotopic (exact) mass is 792 g/mol. The van der Waals surface area contributed by atoms with Crippen molar-refractivity contribution in [2.75, 3.05) is 0 Å². The van der Waals surface area contributed by atoms with Crippen LogP contribution in [0.4, 0.5) is 0 Å². The van der Waals surface area contributed by atoms with Crippen LogP contribution in [-0.4, -0.2) is 19.1 Å². The van der Waals surface area contributed by atoms with Crippen LogP contribution in [-0.2, 0) is 18.3 Å². The molecule has 10 rings (SSSR count). The second kappa shape index (κ2) is 14.7. The van der Waals surface area contributed by atoms with E-state index in [0.717, 1.165) is 79.5 Å². The summed E-state index contributed by atoms with van der Waals surface area (Å²) in [4.78, 5) is 10.6. The molecule has 0 unspecified atom stereocenters. The van der Waals surface area contributed by atoms with Crippen LogP contribution in [0.3, 0.4) is 0 Å². The molecule has 0 spiro atoms. The summed E-state index contributed by atoms with van der Waals surface area (Å²) in [5, 5.41) is 2.32. The van der Waals surface area contributed by atoms with E-state index in [4.69, 9.17) is 9.97 Å². The Morgan fingerprint density at radius 1 is 0.361 bits per heavy atom. The van der Waals surface area contributed by atoms with Crippen LogP contribution in [0.25, 0.3) is 55.2 Å². The summed E-state index contributed by atoms with van der Waals surface area (Å²) in [6.07, 6.45) is 1.83. The topological polar surface area (TPSA) is 35.6 Å². The fourth-order valence-corrected chi connectivity index (χ4v) is 9.71. The zero-order chi connectivity index (χ0) is 41.9. The molecule has 0 aliphatic rings. The van der Waals surface area contributed by atoms with Gasteiger partial charge in [0.25, 0.3) is 0 Å². The first-order valence-electron chi connectivity index (χ1n) is 21.6. The second-order valence-corrected chi connectivity index (χ2v) is 19.1. The molecule has 0 bridgehead atoms. The van der Waals surface area contributed by atoms with Crippen molar-refractivity contribution in [1.82, 2.24) is 19.1 Å². The van der Waals surface area contributed by atoms with Crippen LogP contribution in [0, 0.1) is 10.8 Å². The summed E-state index contributed by atoms with van der Waals surface area (Å²) < 4.78 is 4.80. The lowest BCUT2D eigenvalue weighted by molar-refractivity contribution is 0.406. The van der Waals surface area contributed by atoms with Gasteiger partial charge in [-0.1, -0.05) is 163 Å². The summed E-state index contributed by atoms with van der Waals surface area (Å²) in [6, 6.07) is 66.8. The van der Waals surface area contributed by atoms with E-state index in [1.807, 2.05) is 0 Å². The Kier molecular flexibility index (Phi) is 9.29. The lowest BCUT2D eigenvalue weighted by Gasteiger charge is -2.37. The standard InChI is InChI=1S/C57H52N4/c1-55(2,3)37-43-31-33-51-53(58-43)47-27-13-15-29-49(47)60(51)45-25-17-23-41(35-45)57(39-19-9-7-10-20-39,40-21-11-8-12-22-40)42-24-18-26-46(36-42)61-50-30-16-14-28-48(50)54-52(61)34-32-44(59-54)38-56(4,5)6/h7-36H,37-38H2,1-6H3. The molecule has 0 atom stereocenters. The van der Waals surface area contributed by atoms with Crippen molar-refractivity contribution < 1.29 is 0 Å². The first-order chi connectivity index (χ1) is 29.5. The van der Waals surface area contributed by atoms with E-state index < -0.39 is 5.41 Å². The van der Waals surface area contributed by atoms with Crippen LogP contribution >= 0.6 is 0 Å². The predicted molar refractivity (Wildman–Crippen MR) is 255 cm³/mol. The average molecular weight is 793 g/mol. The Hall–Kier alpha value is -6.78. The van der Waals surface area contributed by atoms with Crippen molar-refractivity contribution >= 4 is 43.9 Å². The Labute approximate surface area is 359 Å². The van der Waals surface area contributed by atoms with Gasteiger partial charge in [-0.3, -0.25) is 9.97 Å². The third-order valence-corrected chi connectivity index (χ3v) is 12.1. The van der Waals surface area contributed by atoms with E-state index in [1.165, 1.54) is 22.3 Å². The number of fused-ring (bicyclic) bond motifs is 6. The highest BCUT2D eigenvalue weighted by Crippen LogP contribution is 2.47. The van der Waals surface area contributed by atoms with Crippen LogP contribution in [0.15, 0.2) is 182 Å². The maximum Gasteiger partial charge on any atom is 0.0966 e. The van der Waals surface area contributed by atoms with Gasteiger partial charge in [0.15, 0.2) is 0 Å². The molecule has 0 amide bonds. The van der Waals surface area contributed by atoms with Gasteiger partial charge >= 0.3 is 0 Å². The number of nitrogens with zero attached hydrogens (tertiary/aromatic N) is 4. The highest BCUT2D eigenvalue weighted by molar-refractivity contribution is 6.08. The molecule has 0 saturated carbocycles. The fourth-order valence-electron chi connectivity index (χ4n) is 9.71. The highest BCUT2D eigenvalue weighted by Gasteiger charge is 2.39. The summed E-state index contributed by atoms with van der Waals surface area (Å²) >= 11 is 0. The van der Waals surface area contributed by atoms with Gasteiger partial charge in [-0.15, -0.1) is 0 Å². The molecule has 4 heteroatoms. The molecule has 4 aromatic heterocycles. The normalized spacial score (nSPS) is 12.6. The molecule has 0 aliphatic heterocycles. The molecule has 10 aromatic rings. The van der Waals surface area contributed by atoms with Crippen molar-refractivity contribution in [3.05, 3.63) is 216 Å². The SMILES string of the molecule is CC(C)(C)Cc1ccc2c(n1)c1ccccc1n2-c1cccc(C(c2ccccc2)(c2ccccc2)c2cccc(-n3c4ccccc4c4nc(CC(C)(C)C)ccc43)c2)c1. The van der Waals surface area contributed by atoms with Crippen molar-refractivity contribution in [1.29, 1.82) is 0 Å². The Bertz CT molecular complexity index is 2990. The summed E-state index contributed by atoms with van der Waals surface area (Å²) in [7, 11) is 0. The zero-order valence-corrected chi connectivity index (χ0v) is 36.0. The van der Waals surface area contributed by atoms with Gasteiger partial charge in [0.2, 0.25) is 0 Å². The van der Waals surface area contributed by atoms with Crippen LogP contribution in [0.1, 0.15) is 75.2 Å². The minimum Gasteiger partial charge on any atom is -0.308 e. The molecular formula is C57H52N4. The summed E-state index contributed by atoms with van der Waals surface area (Å²) in [6.45, 7) is 13.7. The molecule has 0 radical (unpaired) electrons. The molecule has 61 heavy (non-hydrogen) atoms. The molecular weight excluding hydrogens is 741 g/mol. The first-order valence-corrected chi connectivity index (χ1v) is 21.6. The molecule has 4 nitrogen and oxygen atoms in total. The largest absolute Gasteiger partial charge is 0.308 e. The minimum atomic E-state index is -0.678. The number of aromatic nitrogens is 4. The Balaban J connectivity index is 1.22. The van der Waals surface area contributed by atoms with E-state index >= 15 is 0 Å². The van der Waals surface area contributed by atoms with E-state index in [1.54, 1.807) is 0 Å². The van der Waals surface area contributed by atoms with Crippen molar-refractivity contribution in [2.45, 2.75) is 59.8 Å². The zero-order valence-electron chi connectivity index (χ0n) is 36.0. The maximum absolute atomic E-state index is 5.32. The van der Waals surface area contributed by atoms with Gasteiger partial charge in [-0.05, 0) is 107 Å². The molecule has 0 fully saturated rings. The first kappa shape index (κ1) is 38.4. The number of hydrogen-bond donors (Lipinski definition) is 0. The van der Waals surface area contributed by atoms with Crippen LogP contribution in [0.2, 0.25) is 0 Å². The number of rotatable bonds is 8. The smallest absolute Gasteiger partial charge is 0.0966 e. The lowest BCUT2D eigenvalue weighted by atomic mass is 9.65.